The van der Waals surface area contributed by atoms with E-state index in [1.54, 1.807) is 0 Å². The molecule has 0 spiro atoms. The number of hydrogen-bond donors (Lipinski definition) is 3. The lowest BCUT2D eigenvalue weighted by Gasteiger charge is -2.32. The third-order valence-electron chi connectivity index (χ3n) is 6.11. The number of nitrogens with zero attached hydrogens (tertiary/aromatic N) is 2. The molecule has 1 saturated carbocycles. The van der Waals surface area contributed by atoms with Crippen LogP contribution in [-0.4, -0.2) is 75.3 Å². The van der Waals surface area contributed by atoms with Crippen LogP contribution in [0.15, 0.2) is 4.99 Å². The maximum atomic E-state index is 11.9. The smallest absolute Gasteiger partial charge is 0.234 e. The Morgan fingerprint density at radius 1 is 1.00 bits per heavy atom. The van der Waals surface area contributed by atoms with Gasteiger partial charge in [-0.15, -0.1) is 0 Å². The van der Waals surface area contributed by atoms with Crippen molar-refractivity contribution in [2.75, 3.05) is 46.4 Å². The zero-order chi connectivity index (χ0) is 21.4. The third-order valence-corrected chi connectivity index (χ3v) is 6.11. The van der Waals surface area contributed by atoms with E-state index < -0.39 is 0 Å². The highest BCUT2D eigenvalue weighted by atomic mass is 16.5. The quantitative estimate of drug-likeness (QED) is 0.206. The molecule has 2 aliphatic rings. The topological polar surface area (TPSA) is 78.0 Å². The van der Waals surface area contributed by atoms with Gasteiger partial charge in [0, 0.05) is 45.9 Å². The van der Waals surface area contributed by atoms with Gasteiger partial charge in [0.25, 0.3) is 0 Å². The van der Waals surface area contributed by atoms with Gasteiger partial charge in [-0.2, -0.15) is 0 Å². The summed E-state index contributed by atoms with van der Waals surface area (Å²) in [5.41, 5.74) is 0. The summed E-state index contributed by atoms with van der Waals surface area (Å²) in [6, 6.07) is 0.421. The highest BCUT2D eigenvalue weighted by Crippen LogP contribution is 2.19. The molecule has 0 radical (unpaired) electrons. The van der Waals surface area contributed by atoms with Crippen LogP contribution in [0.4, 0.5) is 0 Å². The SMILES string of the molecule is CCCNC(=O)CN1CCC(NC(=NC)NCCCCOC2CCCCCC2)CC1. The number of unbranched alkanes of at least 4 members (excludes halogenated alkanes) is 1. The molecular weight excluding hydrogens is 378 g/mol. The third kappa shape index (κ3) is 10.6. The van der Waals surface area contributed by atoms with E-state index in [-0.39, 0.29) is 5.91 Å². The molecular formula is C23H45N5O2. The first kappa shape index (κ1) is 24.9. The van der Waals surface area contributed by atoms with Gasteiger partial charge in [0.05, 0.1) is 12.6 Å². The van der Waals surface area contributed by atoms with Gasteiger partial charge in [0.1, 0.15) is 0 Å². The fourth-order valence-electron chi connectivity index (χ4n) is 4.24. The molecule has 1 saturated heterocycles. The molecule has 7 heteroatoms. The number of carbonyl (C=O) groups excluding carboxylic acids is 1. The van der Waals surface area contributed by atoms with Gasteiger partial charge in [-0.3, -0.25) is 14.7 Å². The van der Waals surface area contributed by atoms with Crippen LogP contribution in [0.1, 0.15) is 77.6 Å². The van der Waals surface area contributed by atoms with Crippen LogP contribution in [-0.2, 0) is 9.53 Å². The Hall–Kier alpha value is -1.34. The molecule has 0 aromatic carbocycles. The number of nitrogens with one attached hydrogen (secondary N) is 3. The van der Waals surface area contributed by atoms with E-state index in [1.165, 1.54) is 38.5 Å². The first-order chi connectivity index (χ1) is 14.7. The molecule has 3 N–H and O–H groups in total. The van der Waals surface area contributed by atoms with E-state index in [1.807, 2.05) is 7.05 Å². The molecule has 2 fully saturated rings. The van der Waals surface area contributed by atoms with Crippen molar-refractivity contribution in [3.05, 3.63) is 0 Å². The Balaban J connectivity index is 1.51. The van der Waals surface area contributed by atoms with Crippen LogP contribution >= 0.6 is 0 Å². The van der Waals surface area contributed by atoms with E-state index in [9.17, 15) is 4.79 Å². The van der Waals surface area contributed by atoms with Crippen molar-refractivity contribution < 1.29 is 9.53 Å². The van der Waals surface area contributed by atoms with E-state index >= 15 is 0 Å². The summed E-state index contributed by atoms with van der Waals surface area (Å²) < 4.78 is 6.07. The lowest BCUT2D eigenvalue weighted by molar-refractivity contribution is -0.122. The number of amides is 1. The second-order valence-corrected chi connectivity index (χ2v) is 8.74. The van der Waals surface area contributed by atoms with E-state index in [2.05, 4.69) is 32.8 Å². The minimum atomic E-state index is 0.142. The molecule has 30 heavy (non-hydrogen) atoms. The van der Waals surface area contributed by atoms with Crippen molar-refractivity contribution in [1.82, 2.24) is 20.9 Å². The predicted octanol–water partition coefficient (Wildman–Crippen LogP) is 2.66. The molecule has 1 aliphatic carbocycles. The minimum Gasteiger partial charge on any atom is -0.378 e. The summed E-state index contributed by atoms with van der Waals surface area (Å²) in [5.74, 6) is 1.03. The van der Waals surface area contributed by atoms with Crippen LogP contribution in [0, 0.1) is 0 Å². The molecule has 0 aromatic heterocycles. The maximum absolute atomic E-state index is 11.9. The molecule has 1 amide bonds. The number of rotatable bonds is 11. The largest absolute Gasteiger partial charge is 0.378 e. The minimum absolute atomic E-state index is 0.142. The van der Waals surface area contributed by atoms with Gasteiger partial charge >= 0.3 is 0 Å². The van der Waals surface area contributed by atoms with E-state index in [0.717, 1.165) is 70.8 Å². The number of carbonyl (C=O) groups is 1. The van der Waals surface area contributed by atoms with Gasteiger partial charge in [-0.1, -0.05) is 32.6 Å². The van der Waals surface area contributed by atoms with Crippen molar-refractivity contribution >= 4 is 11.9 Å². The summed E-state index contributed by atoms with van der Waals surface area (Å²) >= 11 is 0. The molecule has 2 rings (SSSR count). The summed E-state index contributed by atoms with van der Waals surface area (Å²) in [4.78, 5) is 18.5. The Kier molecular flexibility index (Phi) is 12.8. The normalized spacial score (nSPS) is 20.0. The van der Waals surface area contributed by atoms with E-state index in [4.69, 9.17) is 4.74 Å². The Morgan fingerprint density at radius 2 is 1.73 bits per heavy atom. The van der Waals surface area contributed by atoms with Crippen LogP contribution in [0.25, 0.3) is 0 Å². The van der Waals surface area contributed by atoms with Crippen molar-refractivity contribution in [2.45, 2.75) is 89.7 Å². The van der Waals surface area contributed by atoms with Gasteiger partial charge in [-0.25, -0.2) is 0 Å². The number of hydrogen-bond acceptors (Lipinski definition) is 4. The van der Waals surface area contributed by atoms with Crippen LogP contribution in [0.3, 0.4) is 0 Å². The maximum Gasteiger partial charge on any atom is 0.234 e. The second-order valence-electron chi connectivity index (χ2n) is 8.74. The van der Waals surface area contributed by atoms with E-state index in [0.29, 0.717) is 18.7 Å². The van der Waals surface area contributed by atoms with Crippen molar-refractivity contribution in [1.29, 1.82) is 0 Å². The number of likely N-dealkylation sites (tertiary alicyclic amines) is 1. The highest BCUT2D eigenvalue weighted by molar-refractivity contribution is 5.80. The van der Waals surface area contributed by atoms with Gasteiger partial charge in [0.2, 0.25) is 5.91 Å². The molecule has 0 aromatic rings. The van der Waals surface area contributed by atoms with Gasteiger partial charge in [0.15, 0.2) is 5.96 Å². The second kappa shape index (κ2) is 15.5. The first-order valence-corrected chi connectivity index (χ1v) is 12.3. The standard InChI is InChI=1S/C23H45N5O2/c1-3-14-25-22(29)19-28-16-12-20(13-17-28)27-23(24-2)26-15-8-9-18-30-21-10-6-4-5-7-11-21/h20-21H,3-19H2,1-2H3,(H,25,29)(H2,24,26,27). The molecule has 1 aliphatic heterocycles. The monoisotopic (exact) mass is 423 g/mol. The molecule has 0 bridgehead atoms. The summed E-state index contributed by atoms with van der Waals surface area (Å²) in [6.45, 7) is 7.06. The molecule has 0 atom stereocenters. The molecule has 1 heterocycles. The number of guanidine groups is 1. The van der Waals surface area contributed by atoms with Crippen molar-refractivity contribution in [3.8, 4) is 0 Å². The van der Waals surface area contributed by atoms with Gasteiger partial charge < -0.3 is 20.7 Å². The fourth-order valence-corrected chi connectivity index (χ4v) is 4.24. The first-order valence-electron chi connectivity index (χ1n) is 12.3. The average Bonchev–Trinajstić information content (AvgIpc) is 3.04. The Morgan fingerprint density at radius 3 is 2.40 bits per heavy atom. The average molecular weight is 424 g/mol. The van der Waals surface area contributed by atoms with Crippen LogP contribution < -0.4 is 16.0 Å². The molecule has 7 nitrogen and oxygen atoms in total. The number of ether oxygens (including phenoxy) is 1. The summed E-state index contributed by atoms with van der Waals surface area (Å²) in [5, 5.41) is 9.94. The highest BCUT2D eigenvalue weighted by Gasteiger charge is 2.21. The predicted molar refractivity (Wildman–Crippen MR) is 124 cm³/mol. The van der Waals surface area contributed by atoms with Crippen LogP contribution in [0.5, 0.6) is 0 Å². The zero-order valence-electron chi connectivity index (χ0n) is 19.4. The molecule has 0 unspecified atom stereocenters. The van der Waals surface area contributed by atoms with Gasteiger partial charge in [-0.05, 0) is 44.9 Å². The summed E-state index contributed by atoms with van der Waals surface area (Å²) in [6.07, 6.45) is 13.7. The Labute approximate surface area is 183 Å². The number of piperidine rings is 1. The van der Waals surface area contributed by atoms with Crippen molar-refractivity contribution in [3.63, 3.8) is 0 Å². The Bertz CT molecular complexity index is 484. The van der Waals surface area contributed by atoms with Crippen molar-refractivity contribution in [2.24, 2.45) is 4.99 Å². The lowest BCUT2D eigenvalue weighted by atomic mass is 10.1. The zero-order valence-corrected chi connectivity index (χ0v) is 19.4. The van der Waals surface area contributed by atoms with Crippen LogP contribution in [0.2, 0.25) is 0 Å². The fraction of sp³-hybridized carbons (Fsp3) is 0.913. The molecule has 174 valence electrons. The summed E-state index contributed by atoms with van der Waals surface area (Å²) in [7, 11) is 1.83. The lowest BCUT2D eigenvalue weighted by Crippen LogP contribution is -2.50. The number of aliphatic imine (C=N–C) groups is 1.